The van der Waals surface area contributed by atoms with Crippen LogP contribution in [0, 0.1) is 11.6 Å². The summed E-state index contributed by atoms with van der Waals surface area (Å²) < 4.78 is 33.4. The van der Waals surface area contributed by atoms with Gasteiger partial charge in [-0.15, -0.1) is 0 Å². The van der Waals surface area contributed by atoms with E-state index >= 15 is 0 Å². The molecule has 1 atom stereocenters. The lowest BCUT2D eigenvalue weighted by atomic mass is 9.90. The summed E-state index contributed by atoms with van der Waals surface area (Å²) in [6.45, 7) is 6.07. The molecule has 2 heterocycles. The highest BCUT2D eigenvalue weighted by Crippen LogP contribution is 2.32. The Balaban J connectivity index is 1.27. The Bertz CT molecular complexity index is 1420. The van der Waals surface area contributed by atoms with Crippen molar-refractivity contribution >= 4 is 11.8 Å². The van der Waals surface area contributed by atoms with Gasteiger partial charge in [0.05, 0.1) is 0 Å². The summed E-state index contributed by atoms with van der Waals surface area (Å²) >= 11 is 0. The fraction of sp³-hybridized carbons (Fsp3) is 0.394. The Hall–Kier alpha value is -3.78. The summed E-state index contributed by atoms with van der Waals surface area (Å²) in [4.78, 5) is 30.4. The van der Waals surface area contributed by atoms with E-state index in [9.17, 15) is 18.4 Å². The number of benzene rings is 3. The summed E-state index contributed by atoms with van der Waals surface area (Å²) in [5.41, 5.74) is 7.70. The number of carbonyl (C=O) groups is 2. The third-order valence-electron chi connectivity index (χ3n) is 8.12. The zero-order valence-electron chi connectivity index (χ0n) is 23.6. The maximum absolute atomic E-state index is 13.8. The maximum Gasteiger partial charge on any atom is 0.266 e. The number of ether oxygens (including phenoxy) is 1. The molecular formula is C33H37F2N3O3. The van der Waals surface area contributed by atoms with Gasteiger partial charge < -0.3 is 20.3 Å². The highest BCUT2D eigenvalue weighted by Gasteiger charge is 2.36. The number of rotatable bonds is 6. The van der Waals surface area contributed by atoms with Crippen LogP contribution < -0.4 is 10.5 Å². The molecule has 2 N–H and O–H groups in total. The average molecular weight is 562 g/mol. The lowest BCUT2D eigenvalue weighted by Crippen LogP contribution is -2.52. The number of nitrogens with zero attached hydrogens (tertiary/aromatic N) is 2. The lowest BCUT2D eigenvalue weighted by molar-refractivity contribution is -0.146. The van der Waals surface area contributed by atoms with Gasteiger partial charge in [-0.3, -0.25) is 9.59 Å². The van der Waals surface area contributed by atoms with E-state index in [0.717, 1.165) is 43.4 Å². The largest absolute Gasteiger partial charge is 0.478 e. The molecule has 0 bridgehead atoms. The second-order valence-corrected chi connectivity index (χ2v) is 11.6. The Morgan fingerprint density at radius 2 is 1.59 bits per heavy atom. The van der Waals surface area contributed by atoms with Crippen LogP contribution in [-0.4, -0.2) is 59.4 Å². The minimum atomic E-state index is -1.02. The van der Waals surface area contributed by atoms with E-state index in [2.05, 4.69) is 0 Å². The Kier molecular flexibility index (Phi) is 8.40. The highest BCUT2D eigenvalue weighted by atomic mass is 19.2. The molecule has 2 fully saturated rings. The Labute approximate surface area is 240 Å². The topological polar surface area (TPSA) is 75.9 Å². The average Bonchev–Trinajstić information content (AvgIpc) is 2.98. The van der Waals surface area contributed by atoms with Crippen LogP contribution in [0.5, 0.6) is 5.75 Å². The minimum Gasteiger partial charge on any atom is -0.478 e. The number of carbonyl (C=O) groups excluding carboxylic acids is 2. The fourth-order valence-corrected chi connectivity index (χ4v) is 5.78. The van der Waals surface area contributed by atoms with E-state index in [-0.39, 0.29) is 23.8 Å². The minimum absolute atomic E-state index is 0.0464. The third kappa shape index (κ3) is 6.59. The molecule has 2 aliphatic rings. The van der Waals surface area contributed by atoms with E-state index in [0.29, 0.717) is 48.6 Å². The monoisotopic (exact) mass is 561 g/mol. The SMILES string of the molecule is CC(C)(Oc1cccc(C2CCCN(C(=O)c3cccc(-c4ccc(F)c(F)c4)c3)C2)c1)C(=O)N1CCC(N)CC1. The van der Waals surface area contributed by atoms with Crippen molar-refractivity contribution in [3.05, 3.63) is 89.5 Å². The first-order valence-electron chi connectivity index (χ1n) is 14.3. The van der Waals surface area contributed by atoms with Gasteiger partial charge in [-0.2, -0.15) is 0 Å². The fourth-order valence-electron chi connectivity index (χ4n) is 5.78. The predicted molar refractivity (Wildman–Crippen MR) is 155 cm³/mol. The van der Waals surface area contributed by atoms with Crippen LogP contribution in [0.3, 0.4) is 0 Å². The van der Waals surface area contributed by atoms with Crippen molar-refractivity contribution in [2.75, 3.05) is 26.2 Å². The van der Waals surface area contributed by atoms with Crippen LogP contribution >= 0.6 is 0 Å². The van der Waals surface area contributed by atoms with E-state index in [4.69, 9.17) is 10.5 Å². The van der Waals surface area contributed by atoms with Gasteiger partial charge in [-0.1, -0.05) is 30.3 Å². The van der Waals surface area contributed by atoms with Gasteiger partial charge in [-0.25, -0.2) is 8.78 Å². The summed E-state index contributed by atoms with van der Waals surface area (Å²) in [6, 6.07) is 18.7. The molecule has 3 aromatic rings. The van der Waals surface area contributed by atoms with Crippen molar-refractivity contribution in [3.8, 4) is 16.9 Å². The van der Waals surface area contributed by atoms with Crippen LogP contribution in [0.1, 0.15) is 61.4 Å². The standard InChI is InChI=1S/C33H37F2N3O3/c1-33(2,32(40)37-16-13-27(36)14-17-37)41-28-10-4-7-23(19-28)26-9-5-15-38(21-26)31(39)25-8-3-6-22(18-25)24-11-12-29(34)30(35)20-24/h3-4,6-8,10-12,18-20,26-27H,5,9,13-17,21,36H2,1-2H3. The number of amides is 2. The zero-order valence-corrected chi connectivity index (χ0v) is 23.6. The van der Waals surface area contributed by atoms with Crippen molar-refractivity contribution in [1.82, 2.24) is 9.80 Å². The molecular weight excluding hydrogens is 524 g/mol. The van der Waals surface area contributed by atoms with Crippen LogP contribution in [0.2, 0.25) is 0 Å². The molecule has 2 aliphatic heterocycles. The normalized spacial score (nSPS) is 18.3. The summed E-state index contributed by atoms with van der Waals surface area (Å²) in [5.74, 6) is -1.23. The van der Waals surface area contributed by atoms with Gasteiger partial charge >= 0.3 is 0 Å². The number of hydrogen-bond acceptors (Lipinski definition) is 4. The molecule has 2 saturated heterocycles. The number of hydrogen-bond donors (Lipinski definition) is 1. The molecule has 0 aliphatic carbocycles. The molecule has 3 aromatic carbocycles. The third-order valence-corrected chi connectivity index (χ3v) is 8.12. The molecule has 0 radical (unpaired) electrons. The van der Waals surface area contributed by atoms with Gasteiger partial charge in [0, 0.05) is 43.7 Å². The molecule has 1 unspecified atom stereocenters. The summed E-state index contributed by atoms with van der Waals surface area (Å²) in [7, 11) is 0. The molecule has 0 spiro atoms. The van der Waals surface area contributed by atoms with Gasteiger partial charge in [0.15, 0.2) is 17.2 Å². The van der Waals surface area contributed by atoms with E-state index in [1.54, 1.807) is 38.1 Å². The first-order valence-corrected chi connectivity index (χ1v) is 14.3. The van der Waals surface area contributed by atoms with Gasteiger partial charge in [-0.05, 0) is 92.6 Å². The Morgan fingerprint density at radius 1 is 0.854 bits per heavy atom. The van der Waals surface area contributed by atoms with E-state index < -0.39 is 17.2 Å². The molecule has 5 rings (SSSR count). The highest BCUT2D eigenvalue weighted by molar-refractivity contribution is 5.95. The number of nitrogens with two attached hydrogens (primary N) is 1. The number of halogens is 2. The summed E-state index contributed by atoms with van der Waals surface area (Å²) in [6.07, 6.45) is 3.37. The van der Waals surface area contributed by atoms with Crippen LogP contribution in [0.25, 0.3) is 11.1 Å². The lowest BCUT2D eigenvalue weighted by Gasteiger charge is -2.36. The van der Waals surface area contributed by atoms with Crippen molar-refractivity contribution in [2.45, 2.75) is 57.1 Å². The number of piperidine rings is 2. The van der Waals surface area contributed by atoms with Crippen LogP contribution in [0.4, 0.5) is 8.78 Å². The van der Waals surface area contributed by atoms with Gasteiger partial charge in [0.1, 0.15) is 5.75 Å². The van der Waals surface area contributed by atoms with E-state index in [1.165, 1.54) is 6.07 Å². The Morgan fingerprint density at radius 3 is 2.34 bits per heavy atom. The van der Waals surface area contributed by atoms with Gasteiger partial charge in [0.2, 0.25) is 0 Å². The van der Waals surface area contributed by atoms with Crippen molar-refractivity contribution in [2.24, 2.45) is 5.73 Å². The smallest absolute Gasteiger partial charge is 0.266 e. The van der Waals surface area contributed by atoms with Crippen molar-refractivity contribution in [1.29, 1.82) is 0 Å². The number of likely N-dealkylation sites (tertiary alicyclic amines) is 2. The first-order chi connectivity index (χ1) is 19.6. The molecule has 6 nitrogen and oxygen atoms in total. The van der Waals surface area contributed by atoms with E-state index in [1.807, 2.05) is 34.1 Å². The molecule has 0 saturated carbocycles. The molecule has 8 heteroatoms. The second kappa shape index (κ2) is 12.0. The van der Waals surface area contributed by atoms with Crippen molar-refractivity contribution in [3.63, 3.8) is 0 Å². The zero-order chi connectivity index (χ0) is 29.1. The molecule has 2 amide bonds. The van der Waals surface area contributed by atoms with Crippen LogP contribution in [-0.2, 0) is 4.79 Å². The first kappa shape index (κ1) is 28.7. The molecule has 0 aromatic heterocycles. The second-order valence-electron chi connectivity index (χ2n) is 11.6. The molecule has 41 heavy (non-hydrogen) atoms. The quantitative estimate of drug-likeness (QED) is 0.415. The molecule has 216 valence electrons. The maximum atomic E-state index is 13.8. The van der Waals surface area contributed by atoms with Crippen molar-refractivity contribution < 1.29 is 23.1 Å². The van der Waals surface area contributed by atoms with Gasteiger partial charge in [0.25, 0.3) is 11.8 Å². The van der Waals surface area contributed by atoms with Crippen LogP contribution in [0.15, 0.2) is 66.7 Å². The predicted octanol–water partition coefficient (Wildman–Crippen LogP) is 5.76. The summed E-state index contributed by atoms with van der Waals surface area (Å²) in [5, 5.41) is 0.